The molecule has 2 aromatic rings. The first kappa shape index (κ1) is 14.7. The minimum absolute atomic E-state index is 0.235. The number of hydrogen-bond acceptors (Lipinski definition) is 3. The first-order valence-electron chi connectivity index (χ1n) is 7.39. The lowest BCUT2D eigenvalue weighted by molar-refractivity contribution is 0.157. The van der Waals surface area contributed by atoms with E-state index < -0.39 is 6.10 Å². The maximum atomic E-state index is 11.9. The largest absolute Gasteiger partial charge is 0.387 e. The van der Waals surface area contributed by atoms with E-state index in [0.717, 1.165) is 12.8 Å². The van der Waals surface area contributed by atoms with Crippen molar-refractivity contribution in [2.24, 2.45) is 0 Å². The molecule has 0 aliphatic rings. The van der Waals surface area contributed by atoms with Gasteiger partial charge in [0.05, 0.1) is 11.0 Å². The predicted molar refractivity (Wildman–Crippen MR) is 80.7 cm³/mol. The summed E-state index contributed by atoms with van der Waals surface area (Å²) in [5.41, 5.74) is 1.37. The third kappa shape index (κ3) is 3.67. The summed E-state index contributed by atoms with van der Waals surface area (Å²) in [6, 6.07) is 7.37. The lowest BCUT2D eigenvalue weighted by Crippen LogP contribution is -2.18. The Kier molecular flexibility index (Phi) is 5.30. The zero-order chi connectivity index (χ0) is 14.4. The highest BCUT2D eigenvalue weighted by molar-refractivity contribution is 5.73. The average Bonchev–Trinajstić information content (AvgIpc) is 2.46. The Morgan fingerprint density at radius 3 is 2.75 bits per heavy atom. The van der Waals surface area contributed by atoms with Gasteiger partial charge in [0.15, 0.2) is 0 Å². The fourth-order valence-electron chi connectivity index (χ4n) is 2.35. The number of aromatic amines is 1. The van der Waals surface area contributed by atoms with Gasteiger partial charge in [0.2, 0.25) is 0 Å². The summed E-state index contributed by atoms with van der Waals surface area (Å²) in [6.45, 7) is 2.17. The van der Waals surface area contributed by atoms with Gasteiger partial charge in [0, 0.05) is 0 Å². The van der Waals surface area contributed by atoms with Gasteiger partial charge in [-0.15, -0.1) is 0 Å². The van der Waals surface area contributed by atoms with Crippen LogP contribution in [0.5, 0.6) is 0 Å². The van der Waals surface area contributed by atoms with Crippen molar-refractivity contribution >= 4 is 11.0 Å². The van der Waals surface area contributed by atoms with Crippen molar-refractivity contribution in [3.8, 4) is 0 Å². The minimum atomic E-state index is -0.773. The molecule has 4 nitrogen and oxygen atoms in total. The predicted octanol–water partition coefficient (Wildman–Crippen LogP) is 3.32. The molecule has 2 rings (SSSR count). The van der Waals surface area contributed by atoms with Crippen LogP contribution in [0.25, 0.3) is 11.0 Å². The second-order valence-electron chi connectivity index (χ2n) is 5.19. The number of nitrogens with zero attached hydrogens (tertiary/aromatic N) is 1. The lowest BCUT2D eigenvalue weighted by atomic mass is 10.1. The second kappa shape index (κ2) is 7.20. The third-order valence-electron chi connectivity index (χ3n) is 3.52. The quantitative estimate of drug-likeness (QED) is 0.761. The van der Waals surface area contributed by atoms with Gasteiger partial charge in [-0.05, 0) is 18.6 Å². The molecule has 0 saturated carbocycles. The summed E-state index contributed by atoms with van der Waals surface area (Å²) in [6.07, 6.45) is 5.46. The Balaban J connectivity index is 2.04. The molecule has 20 heavy (non-hydrogen) atoms. The molecule has 1 unspecified atom stereocenters. The van der Waals surface area contributed by atoms with Crippen LogP contribution in [0.3, 0.4) is 0 Å². The first-order chi connectivity index (χ1) is 9.72. The van der Waals surface area contributed by atoms with Crippen LogP contribution in [-0.2, 0) is 0 Å². The van der Waals surface area contributed by atoms with Crippen LogP contribution in [0.1, 0.15) is 57.2 Å². The van der Waals surface area contributed by atoms with Crippen LogP contribution in [0.2, 0.25) is 0 Å². The first-order valence-corrected chi connectivity index (χ1v) is 7.39. The summed E-state index contributed by atoms with van der Waals surface area (Å²) in [4.78, 5) is 19.0. The zero-order valence-corrected chi connectivity index (χ0v) is 11.9. The van der Waals surface area contributed by atoms with E-state index >= 15 is 0 Å². The van der Waals surface area contributed by atoms with Gasteiger partial charge < -0.3 is 10.1 Å². The van der Waals surface area contributed by atoms with Gasteiger partial charge in [0.25, 0.3) is 5.56 Å². The third-order valence-corrected chi connectivity index (χ3v) is 3.52. The number of nitrogens with one attached hydrogen (secondary N) is 1. The van der Waals surface area contributed by atoms with E-state index in [0.29, 0.717) is 17.5 Å². The van der Waals surface area contributed by atoms with Crippen LogP contribution in [0, 0.1) is 0 Å². The van der Waals surface area contributed by atoms with Crippen molar-refractivity contribution in [1.29, 1.82) is 0 Å². The zero-order valence-electron chi connectivity index (χ0n) is 11.9. The number of unbranched alkanes of at least 4 members (excludes halogenated alkanes) is 4. The Hall–Kier alpha value is -1.68. The highest BCUT2D eigenvalue weighted by atomic mass is 16.3. The number of fused-ring (bicyclic) bond motifs is 1. The van der Waals surface area contributed by atoms with Gasteiger partial charge in [-0.1, -0.05) is 51.2 Å². The Morgan fingerprint density at radius 2 is 1.95 bits per heavy atom. The average molecular weight is 274 g/mol. The molecular weight excluding hydrogens is 252 g/mol. The Labute approximate surface area is 118 Å². The van der Waals surface area contributed by atoms with Crippen LogP contribution in [0.4, 0.5) is 0 Å². The van der Waals surface area contributed by atoms with Crippen molar-refractivity contribution < 1.29 is 5.11 Å². The molecule has 108 valence electrons. The number of benzene rings is 1. The lowest BCUT2D eigenvalue weighted by Gasteiger charge is -2.09. The second-order valence-corrected chi connectivity index (χ2v) is 5.19. The maximum Gasteiger partial charge on any atom is 0.272 e. The van der Waals surface area contributed by atoms with Crippen LogP contribution in [0.15, 0.2) is 29.1 Å². The molecule has 0 saturated heterocycles. The topological polar surface area (TPSA) is 66.0 Å². The van der Waals surface area contributed by atoms with Crippen molar-refractivity contribution in [2.75, 3.05) is 0 Å². The van der Waals surface area contributed by atoms with E-state index in [9.17, 15) is 9.90 Å². The molecule has 0 bridgehead atoms. The van der Waals surface area contributed by atoms with E-state index in [1.54, 1.807) is 0 Å². The van der Waals surface area contributed by atoms with Gasteiger partial charge in [0.1, 0.15) is 11.8 Å². The summed E-state index contributed by atoms with van der Waals surface area (Å²) < 4.78 is 0. The Morgan fingerprint density at radius 1 is 1.20 bits per heavy atom. The monoisotopic (exact) mass is 274 g/mol. The van der Waals surface area contributed by atoms with Crippen LogP contribution in [-0.4, -0.2) is 15.1 Å². The fraction of sp³-hybridized carbons (Fsp3) is 0.500. The molecule has 0 radical (unpaired) electrons. The highest BCUT2D eigenvalue weighted by Crippen LogP contribution is 2.17. The number of aromatic nitrogens is 2. The minimum Gasteiger partial charge on any atom is -0.387 e. The number of aliphatic hydroxyl groups excluding tert-OH is 1. The van der Waals surface area contributed by atoms with Crippen molar-refractivity contribution in [3.05, 3.63) is 40.3 Å². The molecule has 1 aromatic carbocycles. The van der Waals surface area contributed by atoms with Crippen LogP contribution < -0.4 is 5.56 Å². The van der Waals surface area contributed by atoms with Gasteiger partial charge in [-0.25, -0.2) is 4.98 Å². The van der Waals surface area contributed by atoms with Crippen molar-refractivity contribution in [1.82, 2.24) is 9.97 Å². The standard InChI is InChI=1S/C16H22N2O2/c1-2-3-4-5-6-11-14(19)15-16(20)18-13-10-8-7-9-12(13)17-15/h7-10,14,19H,2-6,11H2,1H3,(H,18,20). The maximum absolute atomic E-state index is 11.9. The van der Waals surface area contributed by atoms with Crippen LogP contribution >= 0.6 is 0 Å². The van der Waals surface area contributed by atoms with Crippen molar-refractivity contribution in [2.45, 2.75) is 51.6 Å². The molecule has 1 aromatic heterocycles. The molecule has 0 aliphatic carbocycles. The van der Waals surface area contributed by atoms with E-state index in [4.69, 9.17) is 0 Å². The molecule has 2 N–H and O–H groups in total. The number of H-pyrrole nitrogens is 1. The molecule has 0 spiro atoms. The molecule has 0 amide bonds. The van der Waals surface area contributed by atoms with Gasteiger partial charge in [-0.2, -0.15) is 0 Å². The van der Waals surface area contributed by atoms with E-state index in [2.05, 4.69) is 16.9 Å². The molecule has 4 heteroatoms. The number of rotatable bonds is 7. The summed E-state index contributed by atoms with van der Waals surface area (Å²) in [7, 11) is 0. The van der Waals surface area contributed by atoms with E-state index in [-0.39, 0.29) is 11.3 Å². The molecule has 1 heterocycles. The number of hydrogen-bond donors (Lipinski definition) is 2. The van der Waals surface area contributed by atoms with Crippen molar-refractivity contribution in [3.63, 3.8) is 0 Å². The van der Waals surface area contributed by atoms with E-state index in [1.165, 1.54) is 19.3 Å². The highest BCUT2D eigenvalue weighted by Gasteiger charge is 2.14. The van der Waals surface area contributed by atoms with Gasteiger partial charge >= 0.3 is 0 Å². The number of aliphatic hydroxyl groups is 1. The van der Waals surface area contributed by atoms with E-state index in [1.807, 2.05) is 24.3 Å². The SMILES string of the molecule is CCCCCCCC(O)c1nc2ccccc2[nH]c1=O. The molecular formula is C16H22N2O2. The summed E-state index contributed by atoms with van der Waals surface area (Å²) in [5.74, 6) is 0. The number of para-hydroxylation sites is 2. The molecule has 0 aliphatic heterocycles. The molecule has 1 atom stereocenters. The smallest absolute Gasteiger partial charge is 0.272 e. The summed E-state index contributed by atoms with van der Waals surface area (Å²) in [5, 5.41) is 10.1. The normalized spacial score (nSPS) is 12.7. The Bertz CT molecular complexity index is 607. The van der Waals surface area contributed by atoms with Gasteiger partial charge in [-0.3, -0.25) is 4.79 Å². The molecule has 0 fully saturated rings. The summed E-state index contributed by atoms with van der Waals surface area (Å²) >= 11 is 0. The fourth-order valence-corrected chi connectivity index (χ4v) is 2.35.